The fourth-order valence-corrected chi connectivity index (χ4v) is 5.90. The largest absolute Gasteiger partial charge is 0.293 e. The Bertz CT molecular complexity index is 2090. The minimum atomic E-state index is -0.218. The standard InChI is InChI=1S/2C15H14N4O2S/c1-9-3-5-11(6-4-9)12(20)8-22-15-18-17-14-16-13(21)7-10(2)19(14)15;1-9-3-5-11(6-4-9)12(20)8-22-15-18-17-14-16-10(2)7-13(21)19(14)15/h3-7H,8H2,1-2H3,(H,16,17,21);3-7H,8H2,1-2H3,(H,16,17). The fraction of sp³-hybridized carbons (Fsp3) is 0.200. The number of aryl methyl sites for hydroxylation is 4. The Kier molecular flexibility index (Phi) is 9.20. The molecular weight excluding hydrogens is 601 g/mol. The molecule has 224 valence electrons. The number of Topliss-reactive ketones (excluding diaryl/α,β-unsaturated/α-hetero) is 2. The first-order valence-corrected chi connectivity index (χ1v) is 15.4. The molecule has 14 heteroatoms. The number of carbonyl (C=O) groups is 2. The van der Waals surface area contributed by atoms with Crippen molar-refractivity contribution >= 4 is 46.6 Å². The molecule has 2 aromatic carbocycles. The van der Waals surface area contributed by atoms with E-state index in [2.05, 4.69) is 30.4 Å². The van der Waals surface area contributed by atoms with Gasteiger partial charge in [-0.05, 0) is 27.7 Å². The van der Waals surface area contributed by atoms with E-state index in [4.69, 9.17) is 0 Å². The van der Waals surface area contributed by atoms with Crippen molar-refractivity contribution in [2.45, 2.75) is 38.0 Å². The van der Waals surface area contributed by atoms with Gasteiger partial charge >= 0.3 is 0 Å². The second kappa shape index (κ2) is 13.2. The van der Waals surface area contributed by atoms with Gasteiger partial charge in [-0.15, -0.1) is 15.3 Å². The number of hydrogen-bond donors (Lipinski definition) is 2. The van der Waals surface area contributed by atoms with E-state index in [0.29, 0.717) is 38.7 Å². The lowest BCUT2D eigenvalue weighted by Gasteiger charge is -2.03. The van der Waals surface area contributed by atoms with Gasteiger partial charge in [0.05, 0.1) is 11.5 Å². The highest BCUT2D eigenvalue weighted by molar-refractivity contribution is 8.00. The second-order valence-electron chi connectivity index (χ2n) is 9.97. The maximum absolute atomic E-state index is 12.2. The molecule has 44 heavy (non-hydrogen) atoms. The highest BCUT2D eigenvalue weighted by atomic mass is 32.2. The molecule has 2 N–H and O–H groups in total. The summed E-state index contributed by atoms with van der Waals surface area (Å²) in [6, 6.07) is 17.8. The van der Waals surface area contributed by atoms with Gasteiger partial charge in [0, 0.05) is 34.6 Å². The van der Waals surface area contributed by atoms with Crippen LogP contribution in [0.4, 0.5) is 0 Å². The van der Waals surface area contributed by atoms with Gasteiger partial charge < -0.3 is 0 Å². The van der Waals surface area contributed by atoms with Gasteiger partial charge in [0.25, 0.3) is 11.1 Å². The van der Waals surface area contributed by atoms with Crippen LogP contribution in [0.2, 0.25) is 0 Å². The number of ketones is 2. The van der Waals surface area contributed by atoms with Crippen LogP contribution < -0.4 is 11.1 Å². The van der Waals surface area contributed by atoms with E-state index in [0.717, 1.165) is 16.8 Å². The van der Waals surface area contributed by atoms with Gasteiger partial charge in [0.2, 0.25) is 11.6 Å². The lowest BCUT2D eigenvalue weighted by atomic mass is 10.1. The first-order valence-electron chi connectivity index (χ1n) is 13.4. The van der Waals surface area contributed by atoms with Gasteiger partial charge in [-0.2, -0.15) is 0 Å². The van der Waals surface area contributed by atoms with Crippen molar-refractivity contribution in [2.75, 3.05) is 11.5 Å². The molecule has 0 fully saturated rings. The molecule has 6 rings (SSSR count). The zero-order chi connectivity index (χ0) is 31.4. The average Bonchev–Trinajstić information content (AvgIpc) is 3.59. The van der Waals surface area contributed by atoms with E-state index in [1.54, 1.807) is 30.4 Å². The summed E-state index contributed by atoms with van der Waals surface area (Å²) in [7, 11) is 0. The Morgan fingerprint density at radius 1 is 0.727 bits per heavy atom. The summed E-state index contributed by atoms with van der Waals surface area (Å²) in [6.07, 6.45) is 0. The Balaban J connectivity index is 0.000000175. The zero-order valence-corrected chi connectivity index (χ0v) is 26.0. The van der Waals surface area contributed by atoms with E-state index in [1.165, 1.54) is 40.1 Å². The molecule has 0 saturated carbocycles. The Morgan fingerprint density at radius 2 is 1.30 bits per heavy atom. The monoisotopic (exact) mass is 628 g/mol. The Hall–Kier alpha value is -4.82. The summed E-state index contributed by atoms with van der Waals surface area (Å²) in [4.78, 5) is 54.6. The van der Waals surface area contributed by atoms with Crippen LogP contribution in [0.1, 0.15) is 43.2 Å². The number of nitrogens with zero attached hydrogens (tertiary/aromatic N) is 6. The predicted octanol–water partition coefficient (Wildman–Crippen LogP) is 4.02. The fourth-order valence-electron chi connectivity index (χ4n) is 4.17. The maximum atomic E-state index is 12.2. The summed E-state index contributed by atoms with van der Waals surface area (Å²) in [6.45, 7) is 7.50. The summed E-state index contributed by atoms with van der Waals surface area (Å²) < 4.78 is 3.11. The van der Waals surface area contributed by atoms with Crippen LogP contribution in [0.5, 0.6) is 0 Å². The molecular formula is C30H28N8O4S2. The SMILES string of the molecule is Cc1ccc(C(=O)CSc2n[nH]c3nc(C)cc(=O)n23)cc1.Cc1ccc(C(=O)CSc2nnc3[nH]c(=O)cc(C)n23)cc1. The number of aromatic nitrogens is 8. The quantitative estimate of drug-likeness (QED) is 0.186. The minimum absolute atomic E-state index is 0.00531. The van der Waals surface area contributed by atoms with Crippen molar-refractivity contribution in [1.29, 1.82) is 0 Å². The van der Waals surface area contributed by atoms with E-state index < -0.39 is 0 Å². The lowest BCUT2D eigenvalue weighted by Crippen LogP contribution is -2.14. The van der Waals surface area contributed by atoms with Gasteiger partial charge in [-0.25, -0.2) is 14.5 Å². The smallest absolute Gasteiger partial charge is 0.261 e. The van der Waals surface area contributed by atoms with Gasteiger partial charge in [0.15, 0.2) is 21.9 Å². The molecule has 4 aromatic heterocycles. The van der Waals surface area contributed by atoms with Gasteiger partial charge in [-0.1, -0.05) is 83.2 Å². The molecule has 6 aromatic rings. The number of carbonyl (C=O) groups excluding carboxylic acids is 2. The van der Waals surface area contributed by atoms with Crippen molar-refractivity contribution in [1.82, 2.24) is 39.2 Å². The number of benzene rings is 2. The van der Waals surface area contributed by atoms with E-state index >= 15 is 0 Å². The van der Waals surface area contributed by atoms with Gasteiger partial charge in [0.1, 0.15) is 0 Å². The molecule has 4 heterocycles. The third-order valence-electron chi connectivity index (χ3n) is 6.46. The molecule has 12 nitrogen and oxygen atoms in total. The molecule has 0 atom stereocenters. The lowest BCUT2D eigenvalue weighted by molar-refractivity contribution is 0.101. The summed E-state index contributed by atoms with van der Waals surface area (Å²) >= 11 is 2.52. The Morgan fingerprint density at radius 3 is 1.89 bits per heavy atom. The number of aromatic amines is 2. The van der Waals surface area contributed by atoms with Crippen molar-refractivity contribution in [3.63, 3.8) is 0 Å². The first kappa shape index (κ1) is 30.6. The zero-order valence-electron chi connectivity index (χ0n) is 24.3. The average molecular weight is 629 g/mol. The van der Waals surface area contributed by atoms with Crippen LogP contribution in [-0.4, -0.2) is 62.2 Å². The summed E-state index contributed by atoms with van der Waals surface area (Å²) in [5.41, 5.74) is 4.49. The third kappa shape index (κ3) is 7.03. The first-order chi connectivity index (χ1) is 21.1. The summed E-state index contributed by atoms with van der Waals surface area (Å²) in [5.74, 6) is 1.27. The highest BCUT2D eigenvalue weighted by Gasteiger charge is 2.14. The highest BCUT2D eigenvalue weighted by Crippen LogP contribution is 2.19. The summed E-state index contributed by atoms with van der Waals surface area (Å²) in [5, 5.41) is 15.8. The predicted molar refractivity (Wildman–Crippen MR) is 169 cm³/mol. The maximum Gasteiger partial charge on any atom is 0.261 e. The second-order valence-corrected chi connectivity index (χ2v) is 11.9. The van der Waals surface area contributed by atoms with Gasteiger partial charge in [-0.3, -0.25) is 28.6 Å². The van der Waals surface area contributed by atoms with E-state index in [9.17, 15) is 19.2 Å². The third-order valence-corrected chi connectivity index (χ3v) is 8.33. The van der Waals surface area contributed by atoms with Crippen LogP contribution in [-0.2, 0) is 0 Å². The van der Waals surface area contributed by atoms with E-state index in [-0.39, 0.29) is 34.2 Å². The number of fused-ring (bicyclic) bond motifs is 2. The number of H-pyrrole nitrogens is 2. The number of thioether (sulfide) groups is 2. The normalized spacial score (nSPS) is 11.0. The molecule has 0 amide bonds. The number of hydrogen-bond acceptors (Lipinski definition) is 10. The molecule has 0 bridgehead atoms. The minimum Gasteiger partial charge on any atom is -0.293 e. The molecule has 0 spiro atoms. The number of nitrogens with one attached hydrogen (secondary N) is 2. The Labute approximate surface area is 259 Å². The molecule has 0 unspecified atom stereocenters. The van der Waals surface area contributed by atoms with Crippen molar-refractivity contribution in [3.05, 3.63) is 115 Å². The van der Waals surface area contributed by atoms with Crippen LogP contribution in [0.15, 0.2) is 80.6 Å². The van der Waals surface area contributed by atoms with Crippen molar-refractivity contribution in [2.24, 2.45) is 0 Å². The molecule has 0 aliphatic heterocycles. The van der Waals surface area contributed by atoms with Crippen LogP contribution in [0, 0.1) is 27.7 Å². The van der Waals surface area contributed by atoms with Crippen LogP contribution in [0.3, 0.4) is 0 Å². The van der Waals surface area contributed by atoms with Crippen LogP contribution in [0.25, 0.3) is 11.6 Å². The molecule has 0 saturated heterocycles. The van der Waals surface area contributed by atoms with E-state index in [1.807, 2.05) is 50.2 Å². The van der Waals surface area contributed by atoms with Crippen LogP contribution >= 0.6 is 23.5 Å². The molecule has 0 aliphatic carbocycles. The topological polar surface area (TPSA) is 160 Å². The molecule has 0 aliphatic rings. The molecule has 0 radical (unpaired) electrons. The van der Waals surface area contributed by atoms with Crippen molar-refractivity contribution in [3.8, 4) is 0 Å². The van der Waals surface area contributed by atoms with Crippen molar-refractivity contribution < 1.29 is 9.59 Å². The number of rotatable bonds is 8.